The fourth-order valence-corrected chi connectivity index (χ4v) is 2.99. The van der Waals surface area contributed by atoms with Gasteiger partial charge in [0.05, 0.1) is 5.52 Å². The van der Waals surface area contributed by atoms with Crippen LogP contribution in [0.25, 0.3) is 16.5 Å². The third-order valence-electron chi connectivity index (χ3n) is 4.21. The van der Waals surface area contributed by atoms with Gasteiger partial charge in [-0.25, -0.2) is 0 Å². The molecule has 2 heteroatoms. The van der Waals surface area contributed by atoms with Crippen molar-refractivity contribution in [3.8, 4) is 0 Å². The largest absolute Gasteiger partial charge is 0.384 e. The van der Waals surface area contributed by atoms with Gasteiger partial charge in [0, 0.05) is 29.4 Å². The molecule has 1 aliphatic heterocycles. The van der Waals surface area contributed by atoms with Crippen LogP contribution >= 0.6 is 0 Å². The zero-order valence-electron chi connectivity index (χ0n) is 13.8. The van der Waals surface area contributed by atoms with Crippen molar-refractivity contribution in [1.29, 1.82) is 0 Å². The molecule has 0 amide bonds. The molecule has 1 N–H and O–H groups in total. The fourth-order valence-electron chi connectivity index (χ4n) is 2.99. The van der Waals surface area contributed by atoms with Crippen molar-refractivity contribution in [2.24, 2.45) is 5.92 Å². The Morgan fingerprint density at radius 1 is 1.24 bits per heavy atom. The molecule has 0 fully saturated rings. The first kappa shape index (κ1) is 15.6. The lowest BCUT2D eigenvalue weighted by Crippen LogP contribution is -2.22. The summed E-state index contributed by atoms with van der Waals surface area (Å²) in [4.78, 5) is 4.58. The van der Waals surface area contributed by atoms with Crippen LogP contribution in [-0.4, -0.2) is 4.98 Å². The Labute approximate surface area is 128 Å². The number of pyridine rings is 1. The topological polar surface area (TPSA) is 24.9 Å². The highest BCUT2D eigenvalue weighted by atomic mass is 14.9. The summed E-state index contributed by atoms with van der Waals surface area (Å²) in [5.41, 5.74) is 6.64. The van der Waals surface area contributed by atoms with Gasteiger partial charge in [0.15, 0.2) is 0 Å². The number of hydrogen-bond acceptors (Lipinski definition) is 2. The van der Waals surface area contributed by atoms with Gasteiger partial charge in [0.2, 0.25) is 0 Å². The summed E-state index contributed by atoms with van der Waals surface area (Å²) in [5.74, 6) is 0.577. The molecule has 0 spiro atoms. The standard InChI is InChI=1S/C17H20N2.C2H6/c1-4-11(2)16-12(3)19-10-15-14(16)8-7-13-6-5-9-18-17(13)15;1-2/h5-9,11,19H,4,10H2,1-3H3;1-2H3. The molecule has 2 aromatic rings. The Morgan fingerprint density at radius 2 is 2.00 bits per heavy atom. The minimum Gasteiger partial charge on any atom is -0.384 e. The Bertz CT molecular complexity index is 656. The van der Waals surface area contributed by atoms with Crippen LogP contribution in [0, 0.1) is 5.92 Å². The molecule has 1 unspecified atom stereocenters. The van der Waals surface area contributed by atoms with Gasteiger partial charge in [-0.3, -0.25) is 4.98 Å². The Hall–Kier alpha value is -1.83. The molecule has 1 atom stereocenters. The smallest absolute Gasteiger partial charge is 0.0757 e. The first-order valence-electron chi connectivity index (χ1n) is 8.04. The van der Waals surface area contributed by atoms with E-state index in [0.29, 0.717) is 5.92 Å². The van der Waals surface area contributed by atoms with Gasteiger partial charge in [-0.2, -0.15) is 0 Å². The summed E-state index contributed by atoms with van der Waals surface area (Å²) in [6.45, 7) is 11.6. The van der Waals surface area contributed by atoms with Crippen molar-refractivity contribution < 1.29 is 0 Å². The predicted octanol–water partition coefficient (Wildman–Crippen LogP) is 5.14. The fraction of sp³-hybridized carbons (Fsp3) is 0.421. The summed E-state index contributed by atoms with van der Waals surface area (Å²) >= 11 is 0. The Kier molecular flexibility index (Phi) is 5.00. The van der Waals surface area contributed by atoms with Crippen molar-refractivity contribution in [3.05, 3.63) is 47.3 Å². The number of benzene rings is 1. The highest BCUT2D eigenvalue weighted by molar-refractivity contribution is 5.89. The van der Waals surface area contributed by atoms with Crippen LogP contribution in [0.15, 0.2) is 36.2 Å². The number of aromatic nitrogens is 1. The van der Waals surface area contributed by atoms with Crippen molar-refractivity contribution in [2.45, 2.75) is 47.6 Å². The van der Waals surface area contributed by atoms with E-state index in [1.54, 1.807) is 0 Å². The second-order valence-corrected chi connectivity index (χ2v) is 5.37. The average Bonchev–Trinajstić information content (AvgIpc) is 2.55. The van der Waals surface area contributed by atoms with E-state index >= 15 is 0 Å². The molecule has 112 valence electrons. The lowest BCUT2D eigenvalue weighted by molar-refractivity contribution is 0.685. The first-order valence-corrected chi connectivity index (χ1v) is 8.04. The monoisotopic (exact) mass is 282 g/mol. The highest BCUT2D eigenvalue weighted by Crippen LogP contribution is 2.36. The molecule has 2 nitrogen and oxygen atoms in total. The quantitative estimate of drug-likeness (QED) is 0.824. The maximum absolute atomic E-state index is 4.58. The van der Waals surface area contributed by atoms with Crippen LogP contribution in [0.3, 0.4) is 0 Å². The van der Waals surface area contributed by atoms with Crippen LogP contribution in [0.4, 0.5) is 0 Å². The molecule has 21 heavy (non-hydrogen) atoms. The molecule has 0 bridgehead atoms. The van der Waals surface area contributed by atoms with Crippen LogP contribution in [0.1, 0.15) is 52.2 Å². The Balaban J connectivity index is 0.000000774. The summed E-state index contributed by atoms with van der Waals surface area (Å²) in [6, 6.07) is 8.60. The molecule has 0 saturated carbocycles. The number of allylic oxidation sites excluding steroid dienone is 2. The van der Waals surface area contributed by atoms with Gasteiger partial charge in [-0.15, -0.1) is 0 Å². The van der Waals surface area contributed by atoms with Gasteiger partial charge in [-0.1, -0.05) is 45.9 Å². The van der Waals surface area contributed by atoms with Crippen LogP contribution in [-0.2, 0) is 6.54 Å². The maximum atomic E-state index is 4.58. The van der Waals surface area contributed by atoms with Crippen molar-refractivity contribution in [2.75, 3.05) is 0 Å². The molecule has 0 radical (unpaired) electrons. The predicted molar refractivity (Wildman–Crippen MR) is 92.0 cm³/mol. The second-order valence-electron chi connectivity index (χ2n) is 5.37. The minimum atomic E-state index is 0.577. The summed E-state index contributed by atoms with van der Waals surface area (Å²) < 4.78 is 0. The number of nitrogens with one attached hydrogen (secondary N) is 1. The third kappa shape index (κ3) is 2.80. The van der Waals surface area contributed by atoms with Crippen molar-refractivity contribution >= 4 is 16.5 Å². The van der Waals surface area contributed by atoms with Gasteiger partial charge in [-0.05, 0) is 36.5 Å². The molecular weight excluding hydrogens is 256 g/mol. The van der Waals surface area contributed by atoms with Gasteiger partial charge in [0.1, 0.15) is 0 Å². The number of fused-ring (bicyclic) bond motifs is 3. The number of hydrogen-bond donors (Lipinski definition) is 1. The molecule has 2 heterocycles. The molecule has 1 aliphatic rings. The number of nitrogens with zero attached hydrogens (tertiary/aromatic N) is 1. The first-order chi connectivity index (χ1) is 10.2. The van der Waals surface area contributed by atoms with E-state index in [4.69, 9.17) is 0 Å². The molecular formula is C19H26N2. The Morgan fingerprint density at radius 3 is 2.71 bits per heavy atom. The van der Waals surface area contributed by atoms with E-state index in [9.17, 15) is 0 Å². The van der Waals surface area contributed by atoms with Gasteiger partial charge < -0.3 is 5.32 Å². The van der Waals surface area contributed by atoms with Crippen LogP contribution in [0.2, 0.25) is 0 Å². The van der Waals surface area contributed by atoms with Crippen LogP contribution < -0.4 is 5.32 Å². The minimum absolute atomic E-state index is 0.577. The van der Waals surface area contributed by atoms with E-state index < -0.39 is 0 Å². The van der Waals surface area contributed by atoms with Crippen LogP contribution in [0.5, 0.6) is 0 Å². The maximum Gasteiger partial charge on any atom is 0.0757 e. The molecule has 1 aromatic carbocycles. The summed E-state index contributed by atoms with van der Waals surface area (Å²) in [5, 5.41) is 4.76. The molecule has 3 rings (SSSR count). The van der Waals surface area contributed by atoms with Crippen molar-refractivity contribution in [3.63, 3.8) is 0 Å². The van der Waals surface area contributed by atoms with Gasteiger partial charge in [0.25, 0.3) is 0 Å². The summed E-state index contributed by atoms with van der Waals surface area (Å²) in [6.07, 6.45) is 3.05. The summed E-state index contributed by atoms with van der Waals surface area (Å²) in [7, 11) is 0. The lowest BCUT2D eigenvalue weighted by Gasteiger charge is -2.27. The van der Waals surface area contributed by atoms with E-state index in [1.165, 1.54) is 27.8 Å². The lowest BCUT2D eigenvalue weighted by atomic mass is 9.84. The second kappa shape index (κ2) is 6.75. The number of rotatable bonds is 2. The van der Waals surface area contributed by atoms with E-state index in [-0.39, 0.29) is 0 Å². The van der Waals surface area contributed by atoms with E-state index in [1.807, 2.05) is 26.1 Å². The zero-order chi connectivity index (χ0) is 15.4. The third-order valence-corrected chi connectivity index (χ3v) is 4.21. The van der Waals surface area contributed by atoms with E-state index in [0.717, 1.165) is 18.5 Å². The zero-order valence-corrected chi connectivity index (χ0v) is 13.8. The molecule has 0 aliphatic carbocycles. The van der Waals surface area contributed by atoms with E-state index in [2.05, 4.69) is 49.3 Å². The van der Waals surface area contributed by atoms with Gasteiger partial charge >= 0.3 is 0 Å². The normalized spacial score (nSPS) is 14.9. The SMILES string of the molecule is CC.CCC(C)C1=C(C)NCc2c1ccc1cccnc21. The highest BCUT2D eigenvalue weighted by Gasteiger charge is 2.21. The molecule has 0 saturated heterocycles. The van der Waals surface area contributed by atoms with Crippen molar-refractivity contribution in [1.82, 2.24) is 10.3 Å². The molecule has 1 aromatic heterocycles. The average molecular weight is 282 g/mol.